The molecule has 1 saturated heterocycles. The summed E-state index contributed by atoms with van der Waals surface area (Å²) in [6.07, 6.45) is 1.34. The largest absolute Gasteiger partial charge is 0.416 e. The molecule has 1 heterocycles. The molecule has 162 valence electrons. The molecular formula is C22H32F3N3O. The highest BCUT2D eigenvalue weighted by Gasteiger charge is 2.31. The van der Waals surface area contributed by atoms with Gasteiger partial charge in [0.15, 0.2) is 0 Å². The zero-order valence-corrected chi connectivity index (χ0v) is 17.1. The van der Waals surface area contributed by atoms with Crippen LogP contribution in [0, 0.1) is 17.8 Å². The van der Waals surface area contributed by atoms with Crippen molar-refractivity contribution in [2.75, 3.05) is 37.6 Å². The van der Waals surface area contributed by atoms with Crippen molar-refractivity contribution in [1.29, 1.82) is 0 Å². The monoisotopic (exact) mass is 411 g/mol. The van der Waals surface area contributed by atoms with Crippen LogP contribution >= 0.6 is 0 Å². The highest BCUT2D eigenvalue weighted by molar-refractivity contribution is 5.76. The number of nitrogens with zero attached hydrogens (tertiary/aromatic N) is 2. The number of alkyl halides is 3. The first-order chi connectivity index (χ1) is 13.7. The third-order valence-electron chi connectivity index (χ3n) is 6.81. The van der Waals surface area contributed by atoms with Crippen LogP contribution in [0.5, 0.6) is 0 Å². The molecule has 4 nitrogen and oxygen atoms in total. The van der Waals surface area contributed by atoms with Crippen molar-refractivity contribution < 1.29 is 18.0 Å². The molecule has 1 aromatic carbocycles. The lowest BCUT2D eigenvalue weighted by atomic mass is 9.75. The Balaban J connectivity index is 1.40. The van der Waals surface area contributed by atoms with E-state index in [1.165, 1.54) is 12.1 Å². The lowest BCUT2D eigenvalue weighted by Crippen LogP contribution is -2.47. The number of amides is 1. The summed E-state index contributed by atoms with van der Waals surface area (Å²) in [5.74, 6) is 0.916. The number of hydrogen-bond donors (Lipinski definition) is 1. The number of anilines is 1. The number of hydrogen-bond acceptors (Lipinski definition) is 3. The molecule has 1 amide bonds. The number of halogens is 3. The minimum atomic E-state index is -4.30. The Labute approximate surface area is 171 Å². The summed E-state index contributed by atoms with van der Waals surface area (Å²) in [5, 5.41) is 0. The molecule has 7 heteroatoms. The number of nitrogens with two attached hydrogens (primary N) is 1. The second-order valence-electron chi connectivity index (χ2n) is 8.64. The summed E-state index contributed by atoms with van der Waals surface area (Å²) < 4.78 is 38.8. The van der Waals surface area contributed by atoms with Crippen molar-refractivity contribution in [3.8, 4) is 0 Å². The Morgan fingerprint density at radius 3 is 2.38 bits per heavy atom. The van der Waals surface area contributed by atoms with E-state index in [0.29, 0.717) is 17.5 Å². The first-order valence-electron chi connectivity index (χ1n) is 10.7. The van der Waals surface area contributed by atoms with Crippen LogP contribution in [-0.2, 0) is 11.0 Å². The summed E-state index contributed by atoms with van der Waals surface area (Å²) in [4.78, 5) is 15.8. The summed E-state index contributed by atoms with van der Waals surface area (Å²) in [6.45, 7) is 6.25. The van der Waals surface area contributed by atoms with Gasteiger partial charge < -0.3 is 10.6 Å². The molecule has 1 atom stereocenters. The Bertz CT molecular complexity index is 678. The molecule has 0 aromatic heterocycles. The fourth-order valence-electron chi connectivity index (χ4n) is 4.68. The van der Waals surface area contributed by atoms with Gasteiger partial charge in [-0.2, -0.15) is 13.2 Å². The molecule has 3 rings (SSSR count). The lowest BCUT2D eigenvalue weighted by Gasteiger charge is -2.37. The van der Waals surface area contributed by atoms with Gasteiger partial charge in [0, 0.05) is 37.8 Å². The van der Waals surface area contributed by atoms with Crippen LogP contribution < -0.4 is 10.6 Å². The van der Waals surface area contributed by atoms with Gasteiger partial charge in [0.05, 0.1) is 5.56 Å². The first-order valence-corrected chi connectivity index (χ1v) is 10.7. The van der Waals surface area contributed by atoms with Gasteiger partial charge in [-0.3, -0.25) is 9.69 Å². The normalized spacial score (nSPS) is 25.0. The van der Waals surface area contributed by atoms with Gasteiger partial charge in [0.2, 0.25) is 5.91 Å². The van der Waals surface area contributed by atoms with Gasteiger partial charge in [-0.15, -0.1) is 0 Å². The Hall–Kier alpha value is -1.76. The smallest absolute Gasteiger partial charge is 0.369 e. The van der Waals surface area contributed by atoms with Crippen molar-refractivity contribution in [1.82, 2.24) is 4.90 Å². The number of carbonyl (C=O) groups excluding carboxylic acids is 1. The van der Waals surface area contributed by atoms with Crippen LogP contribution in [0.15, 0.2) is 24.3 Å². The molecule has 2 N–H and O–H groups in total. The van der Waals surface area contributed by atoms with Crippen LogP contribution in [0.25, 0.3) is 0 Å². The molecule has 1 aliphatic carbocycles. The van der Waals surface area contributed by atoms with Crippen molar-refractivity contribution in [3.63, 3.8) is 0 Å². The number of carbonyl (C=O) groups is 1. The lowest BCUT2D eigenvalue weighted by molar-refractivity contribution is -0.137. The molecule has 1 saturated carbocycles. The van der Waals surface area contributed by atoms with E-state index >= 15 is 0 Å². The SMILES string of the molecule is CC(C(N)=O)C1CCC(CCN2CCN(c3cccc(C(F)(F)F)c3)CC2)CC1. The number of primary amides is 1. The molecule has 2 aliphatic rings. The number of rotatable bonds is 6. The highest BCUT2D eigenvalue weighted by atomic mass is 19.4. The highest BCUT2D eigenvalue weighted by Crippen LogP contribution is 2.35. The molecule has 1 unspecified atom stereocenters. The van der Waals surface area contributed by atoms with Crippen molar-refractivity contribution in [2.45, 2.75) is 45.2 Å². The predicted molar refractivity (Wildman–Crippen MR) is 109 cm³/mol. The third kappa shape index (κ3) is 5.87. The van der Waals surface area contributed by atoms with Crippen molar-refractivity contribution in [3.05, 3.63) is 29.8 Å². The van der Waals surface area contributed by atoms with E-state index in [1.807, 2.05) is 11.8 Å². The van der Waals surface area contributed by atoms with Crippen LogP contribution in [0.1, 0.15) is 44.6 Å². The maximum Gasteiger partial charge on any atom is 0.416 e. The molecule has 0 bridgehead atoms. The third-order valence-corrected chi connectivity index (χ3v) is 6.81. The maximum atomic E-state index is 12.9. The number of piperazine rings is 1. The molecule has 0 radical (unpaired) electrons. The zero-order valence-electron chi connectivity index (χ0n) is 17.1. The van der Waals surface area contributed by atoms with E-state index in [-0.39, 0.29) is 11.8 Å². The van der Waals surface area contributed by atoms with Crippen molar-refractivity contribution >= 4 is 11.6 Å². The van der Waals surface area contributed by atoms with Crippen molar-refractivity contribution in [2.24, 2.45) is 23.5 Å². The fraction of sp³-hybridized carbons (Fsp3) is 0.682. The molecular weight excluding hydrogens is 379 g/mol. The topological polar surface area (TPSA) is 49.6 Å². The van der Waals surface area contributed by atoms with Gasteiger partial charge >= 0.3 is 6.18 Å². The minimum Gasteiger partial charge on any atom is -0.369 e. The Morgan fingerprint density at radius 2 is 1.79 bits per heavy atom. The van der Waals surface area contributed by atoms with Crippen LogP contribution in [0.3, 0.4) is 0 Å². The standard InChI is InChI=1S/C22H32F3N3O/c1-16(21(26)29)18-7-5-17(6-8-18)9-10-27-11-13-28(14-12-27)20-4-2-3-19(15-20)22(23,24)25/h2-4,15-18H,5-14H2,1H3,(H2,26,29). The van der Waals surface area contributed by atoms with Crippen LogP contribution in [-0.4, -0.2) is 43.5 Å². The molecule has 2 fully saturated rings. The average molecular weight is 412 g/mol. The second-order valence-corrected chi connectivity index (χ2v) is 8.64. The second kappa shape index (κ2) is 9.37. The minimum absolute atomic E-state index is 0.0279. The van der Waals surface area contributed by atoms with E-state index in [0.717, 1.165) is 70.9 Å². The maximum absolute atomic E-state index is 12.9. The average Bonchev–Trinajstić information content (AvgIpc) is 2.72. The molecule has 1 aromatic rings. The van der Waals surface area contributed by atoms with E-state index in [4.69, 9.17) is 5.73 Å². The van der Waals surface area contributed by atoms with Gasteiger partial charge in [0.1, 0.15) is 0 Å². The van der Waals surface area contributed by atoms with E-state index in [9.17, 15) is 18.0 Å². The summed E-state index contributed by atoms with van der Waals surface area (Å²) in [7, 11) is 0. The van der Waals surface area contributed by atoms with Gasteiger partial charge in [-0.25, -0.2) is 0 Å². The molecule has 29 heavy (non-hydrogen) atoms. The predicted octanol–water partition coefficient (Wildman–Crippen LogP) is 4.15. The molecule has 0 spiro atoms. The van der Waals surface area contributed by atoms with Gasteiger partial charge in [0.25, 0.3) is 0 Å². The summed E-state index contributed by atoms with van der Waals surface area (Å²) in [5.41, 5.74) is 5.50. The van der Waals surface area contributed by atoms with E-state index < -0.39 is 11.7 Å². The van der Waals surface area contributed by atoms with E-state index in [2.05, 4.69) is 4.90 Å². The van der Waals surface area contributed by atoms with E-state index in [1.54, 1.807) is 6.07 Å². The first kappa shape index (κ1) is 21.9. The molecule has 1 aliphatic heterocycles. The summed E-state index contributed by atoms with van der Waals surface area (Å²) in [6, 6.07) is 5.62. The van der Waals surface area contributed by atoms with Gasteiger partial charge in [-0.1, -0.05) is 25.8 Å². The number of benzene rings is 1. The Kier molecular flexibility index (Phi) is 7.09. The van der Waals surface area contributed by atoms with Crippen LogP contribution in [0.2, 0.25) is 0 Å². The summed E-state index contributed by atoms with van der Waals surface area (Å²) >= 11 is 0. The zero-order chi connectivity index (χ0) is 21.0. The fourth-order valence-corrected chi connectivity index (χ4v) is 4.68. The van der Waals surface area contributed by atoms with Gasteiger partial charge in [-0.05, 0) is 55.8 Å². The Morgan fingerprint density at radius 1 is 1.14 bits per heavy atom. The quantitative estimate of drug-likeness (QED) is 0.765. The van der Waals surface area contributed by atoms with Crippen LogP contribution in [0.4, 0.5) is 18.9 Å².